The lowest BCUT2D eigenvalue weighted by Gasteiger charge is -2.17. The van der Waals surface area contributed by atoms with Crippen LogP contribution < -0.4 is 14.8 Å². The van der Waals surface area contributed by atoms with Crippen molar-refractivity contribution in [3.05, 3.63) is 53.3 Å². The molecule has 0 aliphatic heterocycles. The molecule has 2 aromatic carbocycles. The van der Waals surface area contributed by atoms with E-state index in [4.69, 9.17) is 24.5 Å². The van der Waals surface area contributed by atoms with Crippen molar-refractivity contribution in [2.45, 2.75) is 39.2 Å². The summed E-state index contributed by atoms with van der Waals surface area (Å²) in [5.41, 5.74) is 9.04. The number of pyridine rings is 1. The first-order chi connectivity index (χ1) is 20.4. The smallest absolute Gasteiger partial charge is 0.404 e. The summed E-state index contributed by atoms with van der Waals surface area (Å²) in [6.45, 7) is 2.84. The van der Waals surface area contributed by atoms with Crippen molar-refractivity contribution in [1.29, 1.82) is 0 Å². The zero-order valence-corrected chi connectivity index (χ0v) is 24.9. The molecule has 4 aromatic rings. The van der Waals surface area contributed by atoms with Gasteiger partial charge in [0.25, 0.3) is 0 Å². The topological polar surface area (TPSA) is 229 Å². The Kier molecular flexibility index (Phi) is 10.3. The van der Waals surface area contributed by atoms with Gasteiger partial charge in [0.05, 0.1) is 37.3 Å². The monoisotopic (exact) mass is 635 g/mol. The summed E-state index contributed by atoms with van der Waals surface area (Å²) in [5.74, 6) is 0.368. The van der Waals surface area contributed by atoms with E-state index in [1.807, 2.05) is 29.7 Å². The molecule has 17 heteroatoms. The van der Waals surface area contributed by atoms with Crippen LogP contribution in [0.25, 0.3) is 21.9 Å². The predicted molar refractivity (Wildman–Crippen MR) is 156 cm³/mol. The van der Waals surface area contributed by atoms with Crippen molar-refractivity contribution in [2.75, 3.05) is 25.5 Å². The van der Waals surface area contributed by atoms with Gasteiger partial charge in [-0.25, -0.2) is 28.9 Å². The molecule has 0 fully saturated rings. The normalized spacial score (nSPS) is 12.0. The summed E-state index contributed by atoms with van der Waals surface area (Å²) in [6, 6.07) is 9.17. The van der Waals surface area contributed by atoms with E-state index in [-0.39, 0.29) is 42.6 Å². The molecule has 230 valence electrons. The lowest BCUT2D eigenvalue weighted by Crippen LogP contribution is -2.08. The fourth-order valence-corrected chi connectivity index (χ4v) is 5.39. The molecule has 6 N–H and O–H groups in total. The SMILES string of the molecule is CCCCc1nc2c(N)nc3ccc(CCOCCN=C=O)cc3c2n1Cc1cc(OP(=O)(O)O)ccc1OP(=O)(O)O. The second kappa shape index (κ2) is 13.8. The molecular formula is C26H31N5O10P2. The number of phosphoric acid groups is 2. The number of aromatic nitrogens is 3. The van der Waals surface area contributed by atoms with E-state index in [1.165, 1.54) is 12.1 Å². The average Bonchev–Trinajstić information content (AvgIpc) is 3.28. The van der Waals surface area contributed by atoms with E-state index in [1.54, 1.807) is 0 Å². The quantitative estimate of drug-likeness (QED) is 0.0547. The van der Waals surface area contributed by atoms with Crippen molar-refractivity contribution in [3.8, 4) is 11.5 Å². The molecule has 0 aliphatic carbocycles. The van der Waals surface area contributed by atoms with Crippen LogP contribution in [0.15, 0.2) is 41.4 Å². The van der Waals surface area contributed by atoms with Gasteiger partial charge in [0.2, 0.25) is 6.08 Å². The van der Waals surface area contributed by atoms with Crippen molar-refractivity contribution in [3.63, 3.8) is 0 Å². The summed E-state index contributed by atoms with van der Waals surface area (Å²) >= 11 is 0. The summed E-state index contributed by atoms with van der Waals surface area (Å²) in [7, 11) is -9.93. The lowest BCUT2D eigenvalue weighted by atomic mass is 10.1. The fourth-order valence-electron chi connectivity index (χ4n) is 4.56. The summed E-state index contributed by atoms with van der Waals surface area (Å²) in [5, 5.41) is 0.711. The maximum atomic E-state index is 11.7. The number of hydrogen-bond acceptors (Lipinski definition) is 10. The van der Waals surface area contributed by atoms with Crippen LogP contribution >= 0.6 is 15.6 Å². The van der Waals surface area contributed by atoms with Crippen molar-refractivity contribution >= 4 is 49.5 Å². The molecule has 0 spiro atoms. The van der Waals surface area contributed by atoms with Crippen LogP contribution in [-0.2, 0) is 38.0 Å². The highest BCUT2D eigenvalue weighted by atomic mass is 31.2. The van der Waals surface area contributed by atoms with Crippen LogP contribution in [0.1, 0.15) is 36.7 Å². The maximum Gasteiger partial charge on any atom is 0.524 e. The van der Waals surface area contributed by atoms with Gasteiger partial charge in [-0.3, -0.25) is 19.6 Å². The van der Waals surface area contributed by atoms with Gasteiger partial charge in [0, 0.05) is 17.4 Å². The number of unbranched alkanes of at least 4 members (excludes halogenated alkanes) is 1. The Bertz CT molecular complexity index is 1760. The molecule has 0 bridgehead atoms. The van der Waals surface area contributed by atoms with Crippen molar-refractivity contribution < 1.29 is 47.3 Å². The van der Waals surface area contributed by atoms with Crippen LogP contribution in [0.2, 0.25) is 0 Å². The first kappa shape index (κ1) is 32.3. The first-order valence-electron chi connectivity index (χ1n) is 13.2. The minimum Gasteiger partial charge on any atom is -0.404 e. The number of nitrogen functional groups attached to an aromatic ring is 1. The molecule has 0 atom stereocenters. The number of aryl methyl sites for hydroxylation is 1. The van der Waals surface area contributed by atoms with Crippen LogP contribution in [-0.4, -0.2) is 59.9 Å². The number of anilines is 1. The molecule has 2 heterocycles. The second-order valence-corrected chi connectivity index (χ2v) is 11.9. The maximum absolute atomic E-state index is 11.7. The number of nitrogens with two attached hydrogens (primary N) is 1. The first-order valence-corrected chi connectivity index (χ1v) is 16.3. The molecule has 0 radical (unpaired) electrons. The number of aliphatic imine (C=N–C) groups is 1. The number of nitrogens with zero attached hydrogens (tertiary/aromatic N) is 4. The highest BCUT2D eigenvalue weighted by Crippen LogP contribution is 2.43. The van der Waals surface area contributed by atoms with Crippen LogP contribution in [0.5, 0.6) is 11.5 Å². The minimum atomic E-state index is -5.00. The summed E-state index contributed by atoms with van der Waals surface area (Å²) in [4.78, 5) is 60.6. The van der Waals surface area contributed by atoms with Gasteiger partial charge in [-0.1, -0.05) is 19.4 Å². The molecule has 0 unspecified atom stereocenters. The van der Waals surface area contributed by atoms with E-state index in [9.17, 15) is 33.5 Å². The molecule has 43 heavy (non-hydrogen) atoms. The third kappa shape index (κ3) is 8.70. The Morgan fingerprint density at radius 2 is 1.77 bits per heavy atom. The van der Waals surface area contributed by atoms with Gasteiger partial charge in [0.1, 0.15) is 22.8 Å². The fraction of sp³-hybridized carbons (Fsp3) is 0.346. The Balaban J connectivity index is 1.84. The van der Waals surface area contributed by atoms with E-state index in [0.717, 1.165) is 30.5 Å². The number of hydrogen-bond donors (Lipinski definition) is 5. The van der Waals surface area contributed by atoms with E-state index in [2.05, 4.69) is 9.98 Å². The van der Waals surface area contributed by atoms with Gasteiger partial charge in [-0.15, -0.1) is 0 Å². The predicted octanol–water partition coefficient (Wildman–Crippen LogP) is 3.40. The van der Waals surface area contributed by atoms with Gasteiger partial charge in [-0.05, 0) is 48.7 Å². The van der Waals surface area contributed by atoms with E-state index >= 15 is 0 Å². The highest BCUT2D eigenvalue weighted by molar-refractivity contribution is 7.47. The molecule has 0 amide bonds. The van der Waals surface area contributed by atoms with E-state index in [0.29, 0.717) is 47.2 Å². The number of carbonyl (C=O) groups excluding carboxylic acids is 1. The summed E-state index contributed by atoms with van der Waals surface area (Å²) < 4.78 is 40.2. The van der Waals surface area contributed by atoms with Gasteiger partial charge >= 0.3 is 15.6 Å². The standard InChI is InChI=1S/C26H31N5O10P2/c1-2-3-4-23-30-24-25(20-13-17(5-7-21(20)29-26(24)27)9-11-39-12-10-28-16-32)31(23)15-18-14-19(40-42(33,34)35)6-8-22(18)41-43(36,37)38/h5-8,13-14H,2-4,9-12,15H2,1H3,(H2,27,29)(H2,33,34,35)(H2,36,37,38). The highest BCUT2D eigenvalue weighted by Gasteiger charge is 2.24. The Morgan fingerprint density at radius 1 is 1.00 bits per heavy atom. The lowest BCUT2D eigenvalue weighted by molar-refractivity contribution is 0.145. The van der Waals surface area contributed by atoms with Gasteiger partial charge < -0.3 is 24.1 Å². The van der Waals surface area contributed by atoms with Crippen LogP contribution in [0.4, 0.5) is 5.82 Å². The summed E-state index contributed by atoms with van der Waals surface area (Å²) in [6.07, 6.45) is 4.18. The Labute approximate surface area is 245 Å². The number of ether oxygens (including phenoxy) is 1. The molecule has 0 aliphatic rings. The third-order valence-corrected chi connectivity index (χ3v) is 7.23. The van der Waals surface area contributed by atoms with Gasteiger partial charge in [0.15, 0.2) is 5.82 Å². The molecule has 0 saturated carbocycles. The number of imidazole rings is 1. The molecular weight excluding hydrogens is 604 g/mol. The van der Waals surface area contributed by atoms with Crippen LogP contribution in [0, 0.1) is 0 Å². The third-order valence-electron chi connectivity index (χ3n) is 6.35. The number of fused-ring (bicyclic) bond motifs is 3. The average molecular weight is 636 g/mol. The number of benzene rings is 2. The van der Waals surface area contributed by atoms with Gasteiger partial charge in [-0.2, -0.15) is 0 Å². The van der Waals surface area contributed by atoms with Crippen molar-refractivity contribution in [1.82, 2.24) is 14.5 Å². The van der Waals surface area contributed by atoms with Crippen molar-refractivity contribution in [2.24, 2.45) is 4.99 Å². The Morgan fingerprint density at radius 3 is 2.47 bits per heavy atom. The number of isocyanates is 1. The number of rotatable bonds is 15. The Hall–Kier alpha value is -3.64. The molecule has 0 saturated heterocycles. The number of phosphoric ester groups is 2. The van der Waals surface area contributed by atoms with E-state index < -0.39 is 15.6 Å². The largest absolute Gasteiger partial charge is 0.524 e. The molecule has 4 rings (SSSR count). The zero-order chi connectivity index (χ0) is 31.2. The molecule has 15 nitrogen and oxygen atoms in total. The zero-order valence-electron chi connectivity index (χ0n) is 23.1. The minimum absolute atomic E-state index is 0.0631. The molecule has 2 aromatic heterocycles. The second-order valence-electron chi connectivity index (χ2n) is 9.53. The van der Waals surface area contributed by atoms with Crippen LogP contribution in [0.3, 0.4) is 0 Å².